The Morgan fingerprint density at radius 1 is 1.18 bits per heavy atom. The fourth-order valence-electron chi connectivity index (χ4n) is 3.93. The molecule has 9 heteroatoms. The summed E-state index contributed by atoms with van der Waals surface area (Å²) >= 11 is 0. The Morgan fingerprint density at radius 3 is 2.43 bits per heavy atom. The van der Waals surface area contributed by atoms with Crippen molar-refractivity contribution < 1.29 is 18.0 Å². The fourth-order valence-corrected chi connectivity index (χ4v) is 3.93. The van der Waals surface area contributed by atoms with Crippen molar-refractivity contribution in [2.45, 2.75) is 71.5 Å². The minimum absolute atomic E-state index is 0.0491. The average molecular weight is 397 g/mol. The smallest absolute Gasteiger partial charge is 0.343 e. The quantitative estimate of drug-likeness (QED) is 0.789. The second kappa shape index (κ2) is 7.67. The van der Waals surface area contributed by atoms with E-state index in [0.29, 0.717) is 23.7 Å². The molecule has 2 aromatic heterocycles. The Morgan fingerprint density at radius 2 is 1.82 bits per heavy atom. The van der Waals surface area contributed by atoms with Crippen LogP contribution in [0.5, 0.6) is 0 Å². The first-order valence-corrected chi connectivity index (χ1v) is 9.63. The lowest BCUT2D eigenvalue weighted by Crippen LogP contribution is -2.39. The number of aryl methyl sites for hydroxylation is 2. The molecule has 154 valence electrons. The zero-order chi connectivity index (χ0) is 20.6. The number of alkyl halides is 3. The van der Waals surface area contributed by atoms with Crippen LogP contribution in [0.3, 0.4) is 0 Å². The number of halogens is 3. The maximum Gasteiger partial charge on any atom is 0.453 e. The van der Waals surface area contributed by atoms with Gasteiger partial charge in [0.2, 0.25) is 5.91 Å². The monoisotopic (exact) mass is 397 g/mol. The summed E-state index contributed by atoms with van der Waals surface area (Å²) < 4.78 is 39.8. The van der Waals surface area contributed by atoms with Crippen molar-refractivity contribution in [1.82, 2.24) is 24.5 Å². The van der Waals surface area contributed by atoms with E-state index in [1.165, 1.54) is 0 Å². The summed E-state index contributed by atoms with van der Waals surface area (Å²) in [5.74, 6) is -0.520. The molecule has 1 amide bonds. The van der Waals surface area contributed by atoms with E-state index >= 15 is 0 Å². The van der Waals surface area contributed by atoms with Crippen molar-refractivity contribution in [2.75, 3.05) is 7.05 Å². The molecule has 28 heavy (non-hydrogen) atoms. The lowest BCUT2D eigenvalue weighted by atomic mass is 9.86. The van der Waals surface area contributed by atoms with E-state index in [1.54, 1.807) is 13.8 Å². The van der Waals surface area contributed by atoms with Crippen molar-refractivity contribution in [3.8, 4) is 0 Å². The van der Waals surface area contributed by atoms with Crippen LogP contribution < -0.4 is 0 Å². The molecular formula is C19H26F3N5O. The van der Waals surface area contributed by atoms with E-state index in [-0.39, 0.29) is 24.1 Å². The lowest BCUT2D eigenvalue weighted by molar-refractivity contribution is -0.144. The van der Waals surface area contributed by atoms with Gasteiger partial charge in [0.15, 0.2) is 0 Å². The van der Waals surface area contributed by atoms with Gasteiger partial charge < -0.3 is 4.90 Å². The van der Waals surface area contributed by atoms with Crippen LogP contribution in [0.4, 0.5) is 13.2 Å². The van der Waals surface area contributed by atoms with Gasteiger partial charge in [0, 0.05) is 30.9 Å². The van der Waals surface area contributed by atoms with Gasteiger partial charge in [-0.3, -0.25) is 4.79 Å². The third kappa shape index (κ3) is 4.12. The molecule has 0 radical (unpaired) electrons. The maximum absolute atomic E-state index is 12.9. The summed E-state index contributed by atoms with van der Waals surface area (Å²) in [4.78, 5) is 22.1. The highest BCUT2D eigenvalue weighted by Gasteiger charge is 2.37. The topological polar surface area (TPSA) is 63.4 Å². The van der Waals surface area contributed by atoms with Gasteiger partial charge >= 0.3 is 6.18 Å². The van der Waals surface area contributed by atoms with Crippen LogP contribution in [-0.4, -0.2) is 43.5 Å². The summed E-state index contributed by atoms with van der Waals surface area (Å²) in [6.07, 6.45) is 0.392. The van der Waals surface area contributed by atoms with Crippen LogP contribution in [0.15, 0.2) is 0 Å². The van der Waals surface area contributed by atoms with Gasteiger partial charge in [-0.15, -0.1) is 5.10 Å². The third-order valence-electron chi connectivity index (χ3n) is 5.82. The lowest BCUT2D eigenvalue weighted by Gasteiger charge is -2.33. The van der Waals surface area contributed by atoms with Gasteiger partial charge in [-0.25, -0.2) is 9.50 Å². The SMILES string of the molecule is Cc1nc2nc(C(F)(F)F)nn2c(C)c1CCC(=O)N(C)C1CCC(C)CC1. The first-order chi connectivity index (χ1) is 13.1. The van der Waals surface area contributed by atoms with Crippen molar-refractivity contribution in [3.63, 3.8) is 0 Å². The number of carbonyl (C=O) groups excluding carboxylic acids is 1. The zero-order valence-electron chi connectivity index (χ0n) is 16.7. The summed E-state index contributed by atoms with van der Waals surface area (Å²) in [7, 11) is 1.84. The standard InChI is InChI=1S/C19H26F3N5O/c1-11-5-7-14(8-6-11)26(4)16(28)10-9-15-12(2)23-18-24-17(19(20,21)22)25-27(18)13(15)3/h11,14H,5-10H2,1-4H3. The summed E-state index contributed by atoms with van der Waals surface area (Å²) in [5.41, 5.74) is 1.85. The molecule has 2 heterocycles. The van der Waals surface area contributed by atoms with E-state index in [4.69, 9.17) is 0 Å². The molecule has 2 aromatic rings. The summed E-state index contributed by atoms with van der Waals surface area (Å²) in [6.45, 7) is 5.64. The second-order valence-electron chi connectivity index (χ2n) is 7.82. The number of nitrogens with zero attached hydrogens (tertiary/aromatic N) is 5. The normalized spacial score (nSPS) is 20.5. The first-order valence-electron chi connectivity index (χ1n) is 9.63. The molecule has 1 aliphatic rings. The number of rotatable bonds is 4. The van der Waals surface area contributed by atoms with Crippen LogP contribution in [0.1, 0.15) is 61.8 Å². The molecule has 0 saturated heterocycles. The van der Waals surface area contributed by atoms with Gasteiger partial charge in [0.05, 0.1) is 0 Å². The first kappa shape index (κ1) is 20.5. The predicted molar refractivity (Wildman–Crippen MR) is 97.8 cm³/mol. The number of hydrogen-bond donors (Lipinski definition) is 0. The molecule has 1 aliphatic carbocycles. The molecule has 0 aromatic carbocycles. The van der Waals surface area contributed by atoms with Crippen molar-refractivity contribution >= 4 is 11.7 Å². The Labute approximate surface area is 162 Å². The highest BCUT2D eigenvalue weighted by atomic mass is 19.4. The molecule has 0 N–H and O–H groups in total. The van der Waals surface area contributed by atoms with Gasteiger partial charge in [-0.05, 0) is 57.4 Å². The Bertz CT molecular complexity index is 869. The molecular weight excluding hydrogens is 371 g/mol. The van der Waals surface area contributed by atoms with Gasteiger partial charge in [-0.2, -0.15) is 18.2 Å². The number of carbonyl (C=O) groups is 1. The highest BCUT2D eigenvalue weighted by Crippen LogP contribution is 2.28. The fraction of sp³-hybridized carbons (Fsp3) is 0.684. The molecule has 0 atom stereocenters. The Balaban J connectivity index is 1.74. The Hall–Kier alpha value is -2.19. The van der Waals surface area contributed by atoms with Gasteiger partial charge in [0.1, 0.15) is 0 Å². The van der Waals surface area contributed by atoms with E-state index in [0.717, 1.165) is 35.8 Å². The molecule has 0 spiro atoms. The van der Waals surface area contributed by atoms with E-state index < -0.39 is 12.0 Å². The molecule has 1 saturated carbocycles. The largest absolute Gasteiger partial charge is 0.453 e. The predicted octanol–water partition coefficient (Wildman–Crippen LogP) is 3.73. The highest BCUT2D eigenvalue weighted by molar-refractivity contribution is 5.76. The third-order valence-corrected chi connectivity index (χ3v) is 5.82. The van der Waals surface area contributed by atoms with Crippen LogP contribution in [0.2, 0.25) is 0 Å². The van der Waals surface area contributed by atoms with E-state index in [1.807, 2.05) is 11.9 Å². The maximum atomic E-state index is 12.9. The van der Waals surface area contributed by atoms with Crippen LogP contribution >= 0.6 is 0 Å². The van der Waals surface area contributed by atoms with Crippen LogP contribution in [0, 0.1) is 19.8 Å². The molecule has 0 bridgehead atoms. The minimum atomic E-state index is -4.62. The summed E-state index contributed by atoms with van der Waals surface area (Å²) in [5, 5.41) is 3.55. The van der Waals surface area contributed by atoms with E-state index in [9.17, 15) is 18.0 Å². The minimum Gasteiger partial charge on any atom is -0.343 e. The zero-order valence-corrected chi connectivity index (χ0v) is 16.7. The molecule has 0 unspecified atom stereocenters. The number of fused-ring (bicyclic) bond motifs is 1. The van der Waals surface area contributed by atoms with Gasteiger partial charge in [0.25, 0.3) is 11.6 Å². The van der Waals surface area contributed by atoms with Gasteiger partial charge in [-0.1, -0.05) is 6.92 Å². The number of aromatic nitrogens is 4. The van der Waals surface area contributed by atoms with Crippen molar-refractivity contribution in [3.05, 3.63) is 22.8 Å². The molecule has 0 aliphatic heterocycles. The number of amides is 1. The van der Waals surface area contributed by atoms with E-state index in [2.05, 4.69) is 22.0 Å². The average Bonchev–Trinajstić information content (AvgIpc) is 3.06. The van der Waals surface area contributed by atoms with Crippen LogP contribution in [-0.2, 0) is 17.4 Å². The summed E-state index contributed by atoms with van der Waals surface area (Å²) in [6, 6.07) is 0.274. The van der Waals surface area contributed by atoms with Crippen LogP contribution in [0.25, 0.3) is 5.78 Å². The molecule has 3 rings (SSSR count). The Kier molecular flexibility index (Phi) is 5.63. The number of hydrogen-bond acceptors (Lipinski definition) is 4. The van der Waals surface area contributed by atoms with Crippen molar-refractivity contribution in [2.24, 2.45) is 5.92 Å². The molecule has 6 nitrogen and oxygen atoms in total. The second-order valence-corrected chi connectivity index (χ2v) is 7.82. The molecule has 1 fully saturated rings. The van der Waals surface area contributed by atoms with Crippen molar-refractivity contribution in [1.29, 1.82) is 0 Å².